The molecule has 2 amide bonds. The van der Waals surface area contributed by atoms with Crippen molar-refractivity contribution >= 4 is 39.1 Å². The number of ether oxygens (including phenoxy) is 2. The van der Waals surface area contributed by atoms with Gasteiger partial charge in [0.05, 0.1) is 36.9 Å². The normalized spacial score (nSPS) is 10.6. The van der Waals surface area contributed by atoms with Crippen LogP contribution in [-0.2, 0) is 16.0 Å². The number of carbonyl (C=O) groups excluding carboxylic acids is 2. The Morgan fingerprint density at radius 2 is 1.76 bits per heavy atom. The number of hydrogen-bond donors (Lipinski definition) is 2. The minimum atomic E-state index is -0.306. The summed E-state index contributed by atoms with van der Waals surface area (Å²) < 4.78 is 11.9. The Hall–Kier alpha value is -3.91. The Kier molecular flexibility index (Phi) is 7.39. The summed E-state index contributed by atoms with van der Waals surface area (Å²) in [5, 5.41) is 6.08. The number of nitrogens with one attached hydrogen (secondary N) is 2. The number of thiazole rings is 1. The molecule has 0 fully saturated rings. The van der Waals surface area contributed by atoms with E-state index in [-0.39, 0.29) is 24.8 Å². The van der Waals surface area contributed by atoms with E-state index in [1.165, 1.54) is 11.3 Å². The lowest BCUT2D eigenvalue weighted by Crippen LogP contribution is -2.33. The predicted octanol–water partition coefficient (Wildman–Crippen LogP) is 4.67. The summed E-state index contributed by atoms with van der Waals surface area (Å²) in [5.41, 5.74) is 3.43. The molecule has 0 saturated carbocycles. The topological polar surface area (TPSA) is 89.6 Å². The average Bonchev–Trinajstić information content (AvgIpc) is 3.25. The van der Waals surface area contributed by atoms with Gasteiger partial charge in [-0.2, -0.15) is 0 Å². The van der Waals surface area contributed by atoms with Gasteiger partial charge in [0, 0.05) is 17.3 Å². The molecular weight excluding hydrogens is 450 g/mol. The van der Waals surface area contributed by atoms with E-state index >= 15 is 0 Å². The molecule has 0 saturated heterocycles. The van der Waals surface area contributed by atoms with Gasteiger partial charge < -0.3 is 20.1 Å². The third-order valence-electron chi connectivity index (χ3n) is 5.05. The number of hydrogen-bond acceptors (Lipinski definition) is 6. The summed E-state index contributed by atoms with van der Waals surface area (Å²) >= 11 is 1.46. The molecule has 1 aromatic heterocycles. The van der Waals surface area contributed by atoms with Crippen molar-refractivity contribution in [1.82, 2.24) is 10.3 Å². The Labute approximate surface area is 201 Å². The molecule has 7 nitrogen and oxygen atoms in total. The van der Waals surface area contributed by atoms with Crippen LogP contribution in [0.1, 0.15) is 11.9 Å². The second-order valence-corrected chi connectivity index (χ2v) is 8.57. The first kappa shape index (κ1) is 23.3. The van der Waals surface area contributed by atoms with Crippen molar-refractivity contribution in [3.8, 4) is 22.6 Å². The summed E-state index contributed by atoms with van der Waals surface area (Å²) in [5.74, 6) is 0.888. The van der Waals surface area contributed by atoms with Gasteiger partial charge in [0.2, 0.25) is 11.8 Å². The Balaban J connectivity index is 1.36. The maximum atomic E-state index is 12.4. The van der Waals surface area contributed by atoms with E-state index in [0.717, 1.165) is 32.8 Å². The van der Waals surface area contributed by atoms with E-state index in [0.29, 0.717) is 17.3 Å². The zero-order valence-corrected chi connectivity index (χ0v) is 19.8. The molecule has 0 unspecified atom stereocenters. The molecule has 0 aliphatic rings. The van der Waals surface area contributed by atoms with Crippen molar-refractivity contribution < 1.29 is 19.1 Å². The fraction of sp³-hybridized carbons (Fsp3) is 0.192. The summed E-state index contributed by atoms with van der Waals surface area (Å²) in [6.45, 7) is 2.36. The second kappa shape index (κ2) is 10.8. The molecule has 3 aromatic carbocycles. The molecule has 0 atom stereocenters. The van der Waals surface area contributed by atoms with Crippen LogP contribution in [0.4, 0.5) is 5.69 Å². The number of benzene rings is 3. The summed E-state index contributed by atoms with van der Waals surface area (Å²) in [7, 11) is 1.63. The molecule has 0 bridgehead atoms. The maximum Gasteiger partial charge on any atom is 0.243 e. The lowest BCUT2D eigenvalue weighted by molar-refractivity contribution is -0.123. The van der Waals surface area contributed by atoms with Crippen molar-refractivity contribution in [1.29, 1.82) is 0 Å². The van der Waals surface area contributed by atoms with Gasteiger partial charge in [-0.15, -0.1) is 11.3 Å². The third kappa shape index (κ3) is 5.71. The number of anilines is 1. The maximum absolute atomic E-state index is 12.4. The Morgan fingerprint density at radius 3 is 2.47 bits per heavy atom. The van der Waals surface area contributed by atoms with Crippen LogP contribution in [0.5, 0.6) is 11.5 Å². The molecule has 4 rings (SSSR count). The number of amides is 2. The highest BCUT2D eigenvalue weighted by atomic mass is 32.1. The van der Waals surface area contributed by atoms with Crippen LogP contribution in [0.15, 0.2) is 66.7 Å². The molecule has 0 aliphatic carbocycles. The number of aromatic nitrogens is 1. The van der Waals surface area contributed by atoms with Crippen molar-refractivity contribution in [2.45, 2.75) is 13.3 Å². The summed E-state index contributed by atoms with van der Waals surface area (Å²) in [4.78, 5) is 29.2. The van der Waals surface area contributed by atoms with Crippen LogP contribution in [-0.4, -0.2) is 37.1 Å². The van der Waals surface area contributed by atoms with Crippen LogP contribution in [0, 0.1) is 0 Å². The van der Waals surface area contributed by atoms with Crippen LogP contribution < -0.4 is 20.1 Å². The van der Waals surface area contributed by atoms with E-state index in [4.69, 9.17) is 9.47 Å². The molecule has 1 heterocycles. The van der Waals surface area contributed by atoms with Gasteiger partial charge in [0.15, 0.2) is 0 Å². The highest BCUT2D eigenvalue weighted by molar-refractivity contribution is 7.18. The highest BCUT2D eigenvalue weighted by Gasteiger charge is 2.14. The zero-order valence-electron chi connectivity index (χ0n) is 19.0. The molecule has 4 aromatic rings. The largest absolute Gasteiger partial charge is 0.496 e. The Bertz CT molecular complexity index is 1290. The molecule has 174 valence electrons. The molecule has 0 aliphatic heterocycles. The molecular formula is C26H25N3O4S. The molecule has 8 heteroatoms. The molecule has 0 spiro atoms. The van der Waals surface area contributed by atoms with E-state index < -0.39 is 0 Å². The first-order valence-corrected chi connectivity index (χ1v) is 11.7. The van der Waals surface area contributed by atoms with E-state index in [1.54, 1.807) is 31.4 Å². The standard InChI is InChI=1S/C26H25N3O4S/c1-3-33-19-11-9-18(10-12-19)28-25(31)16-27-24(30)15-26-29-21-14-22(32-2)20(13-23(21)34-26)17-7-5-4-6-8-17/h4-14H,3,15-16H2,1-2H3,(H,27,30)(H,28,31). The van der Waals surface area contributed by atoms with Gasteiger partial charge in [-0.3, -0.25) is 9.59 Å². The number of rotatable bonds is 9. The van der Waals surface area contributed by atoms with E-state index in [2.05, 4.69) is 15.6 Å². The number of carbonyl (C=O) groups is 2. The van der Waals surface area contributed by atoms with E-state index in [9.17, 15) is 9.59 Å². The van der Waals surface area contributed by atoms with E-state index in [1.807, 2.05) is 49.4 Å². The summed E-state index contributed by atoms with van der Waals surface area (Å²) in [6.07, 6.45) is 0.0959. The minimum Gasteiger partial charge on any atom is -0.496 e. The van der Waals surface area contributed by atoms with Gasteiger partial charge in [0.25, 0.3) is 0 Å². The van der Waals surface area contributed by atoms with Crippen LogP contribution >= 0.6 is 11.3 Å². The molecule has 34 heavy (non-hydrogen) atoms. The van der Waals surface area contributed by atoms with Crippen LogP contribution in [0.2, 0.25) is 0 Å². The summed E-state index contributed by atoms with van der Waals surface area (Å²) in [6, 6.07) is 21.0. The van der Waals surface area contributed by atoms with Crippen molar-refractivity contribution in [2.24, 2.45) is 0 Å². The predicted molar refractivity (Wildman–Crippen MR) is 135 cm³/mol. The SMILES string of the molecule is CCOc1ccc(NC(=O)CNC(=O)Cc2nc3cc(OC)c(-c4ccccc4)cc3s2)cc1. The molecule has 0 radical (unpaired) electrons. The van der Waals surface area contributed by atoms with Crippen LogP contribution in [0.3, 0.4) is 0 Å². The lowest BCUT2D eigenvalue weighted by Gasteiger charge is -2.08. The molecule has 2 N–H and O–H groups in total. The van der Waals surface area contributed by atoms with Gasteiger partial charge in [0.1, 0.15) is 16.5 Å². The van der Waals surface area contributed by atoms with Gasteiger partial charge in [-0.05, 0) is 42.8 Å². The fourth-order valence-corrected chi connectivity index (χ4v) is 4.46. The first-order valence-electron chi connectivity index (χ1n) is 10.9. The zero-order chi connectivity index (χ0) is 23.9. The smallest absolute Gasteiger partial charge is 0.243 e. The highest BCUT2D eigenvalue weighted by Crippen LogP contribution is 2.36. The lowest BCUT2D eigenvalue weighted by atomic mass is 10.0. The van der Waals surface area contributed by atoms with Crippen molar-refractivity contribution in [2.75, 3.05) is 25.6 Å². The van der Waals surface area contributed by atoms with Gasteiger partial charge in [-0.1, -0.05) is 30.3 Å². The minimum absolute atomic E-state index is 0.0959. The number of nitrogens with zero attached hydrogens (tertiary/aromatic N) is 1. The number of fused-ring (bicyclic) bond motifs is 1. The fourth-order valence-electron chi connectivity index (χ4n) is 3.48. The van der Waals surface area contributed by atoms with Crippen molar-refractivity contribution in [3.05, 3.63) is 71.7 Å². The Morgan fingerprint density at radius 1 is 1.00 bits per heavy atom. The van der Waals surface area contributed by atoms with Gasteiger partial charge in [-0.25, -0.2) is 4.98 Å². The average molecular weight is 476 g/mol. The van der Waals surface area contributed by atoms with Gasteiger partial charge >= 0.3 is 0 Å². The monoisotopic (exact) mass is 475 g/mol. The first-order chi connectivity index (χ1) is 16.6. The number of methoxy groups -OCH3 is 1. The van der Waals surface area contributed by atoms with Crippen molar-refractivity contribution in [3.63, 3.8) is 0 Å². The third-order valence-corrected chi connectivity index (χ3v) is 6.06. The quantitative estimate of drug-likeness (QED) is 0.367. The van der Waals surface area contributed by atoms with Crippen LogP contribution in [0.25, 0.3) is 21.3 Å². The second-order valence-electron chi connectivity index (χ2n) is 7.45.